The molecule has 0 N–H and O–H groups in total. The fourth-order valence-corrected chi connectivity index (χ4v) is 2.69. The number of sulfonamides is 1. The van der Waals surface area contributed by atoms with E-state index in [1.807, 2.05) is 18.2 Å². The number of fused-ring (bicyclic) bond motifs is 1. The Kier molecular flexibility index (Phi) is 3.99. The molecule has 0 saturated carbocycles. The van der Waals surface area contributed by atoms with Crippen molar-refractivity contribution in [3.8, 4) is 17.2 Å². The van der Waals surface area contributed by atoms with E-state index in [9.17, 15) is 8.42 Å². The van der Waals surface area contributed by atoms with Crippen molar-refractivity contribution < 1.29 is 17.9 Å². The maximum atomic E-state index is 11.5. The second-order valence-corrected chi connectivity index (χ2v) is 7.45. The molecule has 0 amide bonds. The van der Waals surface area contributed by atoms with E-state index < -0.39 is 10.0 Å². The fourth-order valence-electron chi connectivity index (χ4n) is 2.27. The van der Waals surface area contributed by atoms with Gasteiger partial charge < -0.3 is 9.47 Å². The van der Waals surface area contributed by atoms with E-state index in [4.69, 9.17) is 9.47 Å². The van der Waals surface area contributed by atoms with Crippen molar-refractivity contribution in [3.63, 3.8) is 0 Å². The number of hydrogen-bond acceptors (Lipinski definition) is 6. The first kappa shape index (κ1) is 15.8. The van der Waals surface area contributed by atoms with Crippen molar-refractivity contribution in [2.24, 2.45) is 0 Å². The van der Waals surface area contributed by atoms with Crippen LogP contribution in [0.5, 0.6) is 11.5 Å². The second-order valence-electron chi connectivity index (χ2n) is 5.36. The normalized spacial score (nSPS) is 13.7. The lowest BCUT2D eigenvalue weighted by molar-refractivity contribution is 0.174. The van der Waals surface area contributed by atoms with Crippen LogP contribution in [0.2, 0.25) is 0 Å². The van der Waals surface area contributed by atoms with Crippen molar-refractivity contribution in [1.29, 1.82) is 0 Å². The molecule has 23 heavy (non-hydrogen) atoms. The number of nitrogens with zero attached hydrogens (tertiary/aromatic N) is 4. The Morgan fingerprint density at radius 3 is 2.78 bits per heavy atom. The van der Waals surface area contributed by atoms with Gasteiger partial charge in [-0.25, -0.2) is 22.4 Å². The molecule has 1 aromatic heterocycles. The largest absolute Gasteiger partial charge is 0.454 e. The highest BCUT2D eigenvalue weighted by Crippen LogP contribution is 2.33. The summed E-state index contributed by atoms with van der Waals surface area (Å²) in [6.45, 7) is 2.34. The van der Waals surface area contributed by atoms with Crippen molar-refractivity contribution in [1.82, 2.24) is 19.1 Å². The van der Waals surface area contributed by atoms with Crippen LogP contribution < -0.4 is 9.47 Å². The molecule has 1 aromatic carbocycles. The van der Waals surface area contributed by atoms with Gasteiger partial charge in [-0.05, 0) is 19.1 Å². The first-order valence-corrected chi connectivity index (χ1v) is 8.93. The summed E-state index contributed by atoms with van der Waals surface area (Å²) in [4.78, 5) is 4.39. The number of hydrogen-bond donors (Lipinski definition) is 0. The average Bonchev–Trinajstić information content (AvgIpc) is 3.08. The Labute approximate surface area is 134 Å². The standard InChI is InChI=1S/C14H18N4O4S/c1-10-15-14(6-7-17(2)23(3,19)20)18(16-10)11-4-5-12-13(8-11)22-9-21-12/h4-5,8H,6-7,9H2,1-3H3. The molecule has 2 aromatic rings. The third-order valence-corrected chi connectivity index (χ3v) is 4.91. The van der Waals surface area contributed by atoms with Crippen LogP contribution in [0.4, 0.5) is 0 Å². The minimum atomic E-state index is -3.21. The molecule has 3 rings (SSSR count). The molecule has 0 atom stereocenters. The van der Waals surface area contributed by atoms with E-state index in [0.717, 1.165) is 5.69 Å². The minimum absolute atomic E-state index is 0.210. The SMILES string of the molecule is Cc1nc(CCN(C)S(C)(=O)=O)n(-c2ccc3c(c2)OCO3)n1. The minimum Gasteiger partial charge on any atom is -0.454 e. The summed E-state index contributed by atoms with van der Waals surface area (Å²) >= 11 is 0. The Morgan fingerprint density at radius 1 is 1.30 bits per heavy atom. The maximum absolute atomic E-state index is 11.5. The Balaban J connectivity index is 1.86. The molecule has 0 fully saturated rings. The van der Waals surface area contributed by atoms with Crippen molar-refractivity contribution >= 4 is 10.0 Å². The lowest BCUT2D eigenvalue weighted by Gasteiger charge is -2.13. The van der Waals surface area contributed by atoms with E-state index in [2.05, 4.69) is 10.1 Å². The third-order valence-electron chi connectivity index (χ3n) is 3.60. The van der Waals surface area contributed by atoms with Crippen molar-refractivity contribution in [2.45, 2.75) is 13.3 Å². The monoisotopic (exact) mass is 338 g/mol. The molecule has 2 heterocycles. The summed E-state index contributed by atoms with van der Waals surface area (Å²) in [5.41, 5.74) is 0.798. The number of aromatic nitrogens is 3. The van der Waals surface area contributed by atoms with Gasteiger partial charge in [-0.15, -0.1) is 0 Å². The van der Waals surface area contributed by atoms with Crippen molar-refractivity contribution in [2.75, 3.05) is 26.6 Å². The molecule has 0 bridgehead atoms. The first-order valence-electron chi connectivity index (χ1n) is 7.08. The van der Waals surface area contributed by atoms with Gasteiger partial charge in [-0.2, -0.15) is 5.10 Å². The molecule has 8 nitrogen and oxygen atoms in total. The van der Waals surface area contributed by atoms with Crippen LogP contribution in [0.1, 0.15) is 11.6 Å². The second kappa shape index (κ2) is 5.82. The molecule has 0 aliphatic carbocycles. The van der Waals surface area contributed by atoms with Crippen LogP contribution in [0.25, 0.3) is 5.69 Å². The van der Waals surface area contributed by atoms with E-state index >= 15 is 0 Å². The number of aryl methyl sites for hydroxylation is 1. The Bertz CT molecular complexity index is 831. The molecule has 0 saturated heterocycles. The lowest BCUT2D eigenvalue weighted by atomic mass is 10.2. The Hall–Kier alpha value is -2.13. The summed E-state index contributed by atoms with van der Waals surface area (Å²) in [7, 11) is -1.67. The predicted octanol–water partition coefficient (Wildman–Crippen LogP) is 0.738. The van der Waals surface area contributed by atoms with Gasteiger partial charge in [-0.1, -0.05) is 0 Å². The van der Waals surface area contributed by atoms with Crippen LogP contribution in [0.15, 0.2) is 18.2 Å². The van der Waals surface area contributed by atoms with Crippen LogP contribution in [0.3, 0.4) is 0 Å². The molecular formula is C14H18N4O4S. The van der Waals surface area contributed by atoms with E-state index in [1.165, 1.54) is 10.6 Å². The molecule has 0 spiro atoms. The summed E-state index contributed by atoms with van der Waals surface area (Å²) in [5.74, 6) is 2.68. The van der Waals surface area contributed by atoms with Gasteiger partial charge in [0.15, 0.2) is 11.5 Å². The summed E-state index contributed by atoms with van der Waals surface area (Å²) in [5, 5.41) is 4.39. The zero-order valence-corrected chi connectivity index (χ0v) is 14.0. The highest BCUT2D eigenvalue weighted by molar-refractivity contribution is 7.88. The summed E-state index contributed by atoms with van der Waals surface area (Å²) < 4.78 is 36.7. The predicted molar refractivity (Wildman–Crippen MR) is 83.4 cm³/mol. The quantitative estimate of drug-likeness (QED) is 0.799. The van der Waals surface area contributed by atoms with E-state index in [0.29, 0.717) is 36.1 Å². The number of benzene rings is 1. The molecular weight excluding hydrogens is 320 g/mol. The van der Waals surface area contributed by atoms with Gasteiger partial charge in [0, 0.05) is 26.1 Å². The molecule has 1 aliphatic heterocycles. The van der Waals surface area contributed by atoms with Gasteiger partial charge in [0.25, 0.3) is 0 Å². The highest BCUT2D eigenvalue weighted by atomic mass is 32.2. The van der Waals surface area contributed by atoms with Crippen LogP contribution in [0, 0.1) is 6.92 Å². The number of rotatable bonds is 5. The van der Waals surface area contributed by atoms with Gasteiger partial charge in [0.1, 0.15) is 11.6 Å². The van der Waals surface area contributed by atoms with E-state index in [1.54, 1.807) is 18.7 Å². The number of ether oxygens (including phenoxy) is 2. The van der Waals surface area contributed by atoms with Gasteiger partial charge >= 0.3 is 0 Å². The van der Waals surface area contributed by atoms with Gasteiger partial charge in [0.2, 0.25) is 16.8 Å². The molecule has 0 unspecified atom stereocenters. The maximum Gasteiger partial charge on any atom is 0.231 e. The average molecular weight is 338 g/mol. The molecule has 124 valence electrons. The zero-order valence-electron chi connectivity index (χ0n) is 13.2. The van der Waals surface area contributed by atoms with Gasteiger partial charge in [-0.3, -0.25) is 0 Å². The molecule has 0 radical (unpaired) electrons. The van der Waals surface area contributed by atoms with Gasteiger partial charge in [0.05, 0.1) is 11.9 Å². The van der Waals surface area contributed by atoms with Crippen LogP contribution in [-0.4, -0.2) is 54.1 Å². The third kappa shape index (κ3) is 3.30. The lowest BCUT2D eigenvalue weighted by Crippen LogP contribution is -2.28. The first-order chi connectivity index (χ1) is 10.8. The number of likely N-dealkylation sites (N-methyl/N-ethyl adjacent to an activating group) is 1. The highest BCUT2D eigenvalue weighted by Gasteiger charge is 2.18. The Morgan fingerprint density at radius 2 is 2.04 bits per heavy atom. The van der Waals surface area contributed by atoms with Crippen molar-refractivity contribution in [3.05, 3.63) is 29.8 Å². The smallest absolute Gasteiger partial charge is 0.231 e. The zero-order chi connectivity index (χ0) is 16.6. The fraction of sp³-hybridized carbons (Fsp3) is 0.429. The molecule has 1 aliphatic rings. The van der Waals surface area contributed by atoms with Crippen LogP contribution >= 0.6 is 0 Å². The van der Waals surface area contributed by atoms with E-state index in [-0.39, 0.29) is 6.79 Å². The summed E-state index contributed by atoms with van der Waals surface area (Å²) in [6, 6.07) is 5.52. The topological polar surface area (TPSA) is 86.6 Å². The summed E-state index contributed by atoms with van der Waals surface area (Å²) in [6.07, 6.45) is 1.64. The molecule has 9 heteroatoms. The van der Waals surface area contributed by atoms with Crippen LogP contribution in [-0.2, 0) is 16.4 Å².